The molecule has 1 fully saturated rings. The Bertz CT molecular complexity index is 1100. The van der Waals surface area contributed by atoms with Gasteiger partial charge in [0.2, 0.25) is 5.91 Å². The number of fused-ring (bicyclic) bond motifs is 3. The molecule has 1 amide bonds. The fraction of sp³-hybridized carbons (Fsp3) is 0.500. The lowest BCUT2D eigenvalue weighted by atomic mass is 9.96. The largest absolute Gasteiger partial charge is 0.354 e. The highest BCUT2D eigenvalue weighted by atomic mass is 16.1. The van der Waals surface area contributed by atoms with Crippen LogP contribution in [0.25, 0.3) is 11.2 Å². The van der Waals surface area contributed by atoms with E-state index < -0.39 is 0 Å². The van der Waals surface area contributed by atoms with Gasteiger partial charge in [-0.3, -0.25) is 4.79 Å². The van der Waals surface area contributed by atoms with Gasteiger partial charge in [-0.2, -0.15) is 0 Å². The maximum atomic E-state index is 13.0. The van der Waals surface area contributed by atoms with E-state index >= 15 is 0 Å². The summed E-state index contributed by atoms with van der Waals surface area (Å²) in [5.41, 5.74) is 5.01. The number of nitrogens with one attached hydrogen (secondary N) is 1. The van der Waals surface area contributed by atoms with Gasteiger partial charge in [0.1, 0.15) is 12.2 Å². The molecule has 0 spiro atoms. The van der Waals surface area contributed by atoms with Crippen LogP contribution in [0.3, 0.4) is 0 Å². The second-order valence-electron chi connectivity index (χ2n) is 9.01. The molecule has 7 nitrogen and oxygen atoms in total. The average molecular weight is 419 g/mol. The molecule has 4 heterocycles. The standard InChI is InChI=1S/C24H30N6O/c1-16-11-17(2)13-19(12-16)27-24(31)18-7-6-9-29(14-18)22-21-23(26-15-25-22)30-10-5-3-4-8-20(30)28-21/h11-13,15,18H,3-10,14H2,1-2H3,(H,27,31)/t18-/m0/s1. The van der Waals surface area contributed by atoms with Crippen LogP contribution in [0.5, 0.6) is 0 Å². The summed E-state index contributed by atoms with van der Waals surface area (Å²) in [4.78, 5) is 29.4. The molecule has 0 radical (unpaired) electrons. The van der Waals surface area contributed by atoms with Crippen molar-refractivity contribution >= 4 is 28.6 Å². The first kappa shape index (κ1) is 20.0. The van der Waals surface area contributed by atoms with Crippen molar-refractivity contribution in [2.24, 2.45) is 5.92 Å². The van der Waals surface area contributed by atoms with Gasteiger partial charge in [-0.15, -0.1) is 0 Å². The first-order valence-corrected chi connectivity index (χ1v) is 11.4. The van der Waals surface area contributed by atoms with Crippen LogP contribution in [0.4, 0.5) is 11.5 Å². The Balaban J connectivity index is 1.38. The van der Waals surface area contributed by atoms with Crippen LogP contribution >= 0.6 is 0 Å². The number of amides is 1. The number of rotatable bonds is 3. The number of hydrogen-bond donors (Lipinski definition) is 1. The molecule has 1 atom stereocenters. The van der Waals surface area contributed by atoms with Crippen molar-refractivity contribution in [1.29, 1.82) is 0 Å². The Morgan fingerprint density at radius 2 is 1.87 bits per heavy atom. The number of nitrogens with zero attached hydrogens (tertiary/aromatic N) is 5. The zero-order chi connectivity index (χ0) is 21.4. The van der Waals surface area contributed by atoms with E-state index in [0.717, 1.165) is 72.0 Å². The summed E-state index contributed by atoms with van der Waals surface area (Å²) in [7, 11) is 0. The lowest BCUT2D eigenvalue weighted by molar-refractivity contribution is -0.120. The number of piperidine rings is 1. The van der Waals surface area contributed by atoms with Gasteiger partial charge in [-0.1, -0.05) is 12.5 Å². The predicted molar refractivity (Wildman–Crippen MR) is 122 cm³/mol. The summed E-state index contributed by atoms with van der Waals surface area (Å²) in [5, 5.41) is 3.13. The Hall–Kier alpha value is -2.96. The Morgan fingerprint density at radius 3 is 2.71 bits per heavy atom. The van der Waals surface area contributed by atoms with Gasteiger partial charge in [0.05, 0.1) is 5.92 Å². The molecule has 2 aromatic heterocycles. The maximum Gasteiger partial charge on any atom is 0.229 e. The minimum absolute atomic E-state index is 0.0694. The highest BCUT2D eigenvalue weighted by Gasteiger charge is 2.29. The SMILES string of the molecule is Cc1cc(C)cc(NC(=O)[C@H]2CCCN(c3ncnc4c3nc3n4CCCCC3)C2)c1. The smallest absolute Gasteiger partial charge is 0.229 e. The minimum Gasteiger partial charge on any atom is -0.354 e. The molecule has 2 aliphatic heterocycles. The number of benzene rings is 1. The maximum absolute atomic E-state index is 13.0. The number of carbonyl (C=O) groups excluding carboxylic acids is 1. The van der Waals surface area contributed by atoms with Crippen molar-refractivity contribution in [2.45, 2.75) is 58.9 Å². The molecule has 1 aromatic carbocycles. The quantitative estimate of drug-likeness (QED) is 0.695. The number of carbonyl (C=O) groups is 1. The molecule has 162 valence electrons. The van der Waals surface area contributed by atoms with Crippen molar-refractivity contribution in [3.8, 4) is 0 Å². The third kappa shape index (κ3) is 4.01. The van der Waals surface area contributed by atoms with Gasteiger partial charge in [0.15, 0.2) is 17.0 Å². The Morgan fingerprint density at radius 1 is 1.03 bits per heavy atom. The van der Waals surface area contributed by atoms with Gasteiger partial charge in [-0.25, -0.2) is 15.0 Å². The molecule has 5 rings (SSSR count). The molecule has 0 aliphatic carbocycles. The van der Waals surface area contributed by atoms with E-state index in [1.807, 2.05) is 12.1 Å². The van der Waals surface area contributed by atoms with Gasteiger partial charge in [0.25, 0.3) is 0 Å². The first-order valence-electron chi connectivity index (χ1n) is 11.4. The molecule has 3 aromatic rings. The molecule has 2 aliphatic rings. The summed E-state index contributed by atoms with van der Waals surface area (Å²) in [6.45, 7) is 6.63. The van der Waals surface area contributed by atoms with Crippen molar-refractivity contribution < 1.29 is 4.79 Å². The topological polar surface area (TPSA) is 75.9 Å². The van der Waals surface area contributed by atoms with Crippen LogP contribution in [0.15, 0.2) is 24.5 Å². The molecule has 7 heteroatoms. The van der Waals surface area contributed by atoms with Gasteiger partial charge >= 0.3 is 0 Å². The van der Waals surface area contributed by atoms with E-state index in [9.17, 15) is 4.79 Å². The van der Waals surface area contributed by atoms with Crippen LogP contribution in [-0.2, 0) is 17.8 Å². The molecule has 0 unspecified atom stereocenters. The second-order valence-corrected chi connectivity index (χ2v) is 9.01. The van der Waals surface area contributed by atoms with Gasteiger partial charge in [0, 0.05) is 31.7 Å². The number of aryl methyl sites for hydroxylation is 4. The van der Waals surface area contributed by atoms with Crippen LogP contribution < -0.4 is 10.2 Å². The predicted octanol–water partition coefficient (Wildman–Crippen LogP) is 4.02. The molecule has 1 saturated heterocycles. The normalized spacial score (nSPS) is 19.2. The minimum atomic E-state index is -0.0694. The summed E-state index contributed by atoms with van der Waals surface area (Å²) >= 11 is 0. The van der Waals surface area contributed by atoms with E-state index in [0.29, 0.717) is 6.54 Å². The zero-order valence-electron chi connectivity index (χ0n) is 18.4. The Kier molecular flexibility index (Phi) is 5.34. The average Bonchev–Trinajstić information content (AvgIpc) is 2.94. The summed E-state index contributed by atoms with van der Waals surface area (Å²) < 4.78 is 2.27. The lowest BCUT2D eigenvalue weighted by Gasteiger charge is -2.32. The van der Waals surface area contributed by atoms with E-state index in [1.54, 1.807) is 6.33 Å². The van der Waals surface area contributed by atoms with Crippen LogP contribution in [0.1, 0.15) is 49.1 Å². The van der Waals surface area contributed by atoms with Gasteiger partial charge in [-0.05, 0) is 62.8 Å². The molecular weight excluding hydrogens is 388 g/mol. The fourth-order valence-electron chi connectivity index (χ4n) is 5.03. The van der Waals surface area contributed by atoms with Crippen molar-refractivity contribution in [2.75, 3.05) is 23.3 Å². The third-order valence-corrected chi connectivity index (χ3v) is 6.45. The molecular formula is C24H30N6O. The number of anilines is 2. The first-order chi connectivity index (χ1) is 15.1. The van der Waals surface area contributed by atoms with E-state index in [2.05, 4.69) is 44.7 Å². The van der Waals surface area contributed by atoms with E-state index in [4.69, 9.17) is 4.98 Å². The lowest BCUT2D eigenvalue weighted by Crippen LogP contribution is -2.41. The highest BCUT2D eigenvalue weighted by molar-refractivity contribution is 5.93. The summed E-state index contributed by atoms with van der Waals surface area (Å²) in [6.07, 6.45) is 8.09. The van der Waals surface area contributed by atoms with Crippen LogP contribution in [0, 0.1) is 19.8 Å². The summed E-state index contributed by atoms with van der Waals surface area (Å²) in [5.74, 6) is 2.01. The number of aromatic nitrogens is 4. The zero-order valence-corrected chi connectivity index (χ0v) is 18.4. The monoisotopic (exact) mass is 418 g/mol. The highest BCUT2D eigenvalue weighted by Crippen LogP contribution is 2.30. The van der Waals surface area contributed by atoms with Crippen molar-refractivity contribution in [3.05, 3.63) is 41.5 Å². The van der Waals surface area contributed by atoms with E-state index in [-0.39, 0.29) is 11.8 Å². The Labute approximate surface area is 182 Å². The molecule has 1 N–H and O–H groups in total. The van der Waals surface area contributed by atoms with Crippen molar-refractivity contribution in [1.82, 2.24) is 19.5 Å². The third-order valence-electron chi connectivity index (χ3n) is 6.45. The fourth-order valence-corrected chi connectivity index (χ4v) is 5.03. The molecule has 31 heavy (non-hydrogen) atoms. The second kappa shape index (κ2) is 8.29. The van der Waals surface area contributed by atoms with Crippen LogP contribution in [-0.4, -0.2) is 38.5 Å². The molecule has 0 bridgehead atoms. The van der Waals surface area contributed by atoms with Crippen molar-refractivity contribution in [3.63, 3.8) is 0 Å². The van der Waals surface area contributed by atoms with E-state index in [1.165, 1.54) is 19.3 Å². The number of hydrogen-bond acceptors (Lipinski definition) is 5. The van der Waals surface area contributed by atoms with Gasteiger partial charge < -0.3 is 14.8 Å². The number of imidazole rings is 1. The summed E-state index contributed by atoms with van der Waals surface area (Å²) in [6, 6.07) is 6.17. The molecule has 0 saturated carbocycles. The van der Waals surface area contributed by atoms with Crippen LogP contribution in [0.2, 0.25) is 0 Å².